The van der Waals surface area contributed by atoms with Crippen LogP contribution in [0.3, 0.4) is 0 Å². The predicted molar refractivity (Wildman–Crippen MR) is 54.9 cm³/mol. The van der Waals surface area contributed by atoms with Gasteiger partial charge in [-0.1, -0.05) is 13.8 Å². The van der Waals surface area contributed by atoms with E-state index in [-0.39, 0.29) is 0 Å². The van der Waals surface area contributed by atoms with Gasteiger partial charge in [0.15, 0.2) is 0 Å². The Morgan fingerprint density at radius 1 is 1.42 bits per heavy atom. The van der Waals surface area contributed by atoms with E-state index in [1.165, 1.54) is 24.1 Å². The molecule has 0 atom stereocenters. The molecule has 1 aliphatic rings. The molecule has 0 unspecified atom stereocenters. The minimum absolute atomic E-state index is 0.541. The summed E-state index contributed by atoms with van der Waals surface area (Å²) in [5.74, 6) is 0. The van der Waals surface area contributed by atoms with Gasteiger partial charge in [-0.15, -0.1) is 11.3 Å². The molecule has 1 aromatic heterocycles. The second-order valence-electron chi connectivity index (χ2n) is 4.64. The topological polar surface area (TPSA) is 0 Å². The van der Waals surface area contributed by atoms with Crippen LogP contribution in [0.25, 0.3) is 0 Å². The molecule has 2 rings (SSSR count). The Bertz CT molecular complexity index is 294. The number of hydrogen-bond acceptors (Lipinski definition) is 1. The minimum atomic E-state index is 0.541. The Kier molecular flexibility index (Phi) is 1.80. The molecule has 0 nitrogen and oxygen atoms in total. The van der Waals surface area contributed by atoms with Gasteiger partial charge in [-0.3, -0.25) is 0 Å². The van der Waals surface area contributed by atoms with E-state index in [0.29, 0.717) is 5.41 Å². The molecule has 1 aromatic rings. The SMILES string of the molecule is Cc1scc2c1CC(C)(C)CC2. The van der Waals surface area contributed by atoms with Gasteiger partial charge in [0.25, 0.3) is 0 Å². The maximum Gasteiger partial charge on any atom is 0.00492 e. The average molecular weight is 180 g/mol. The van der Waals surface area contributed by atoms with Crippen molar-refractivity contribution >= 4 is 11.3 Å². The van der Waals surface area contributed by atoms with Crippen molar-refractivity contribution in [1.82, 2.24) is 0 Å². The molecule has 0 spiro atoms. The zero-order valence-electron chi connectivity index (χ0n) is 8.11. The van der Waals surface area contributed by atoms with Gasteiger partial charge in [-0.25, -0.2) is 0 Å². The summed E-state index contributed by atoms with van der Waals surface area (Å²) < 4.78 is 0. The van der Waals surface area contributed by atoms with Gasteiger partial charge < -0.3 is 0 Å². The Morgan fingerprint density at radius 2 is 2.17 bits per heavy atom. The summed E-state index contributed by atoms with van der Waals surface area (Å²) in [4.78, 5) is 1.54. The van der Waals surface area contributed by atoms with Gasteiger partial charge in [0.05, 0.1) is 0 Å². The van der Waals surface area contributed by atoms with E-state index in [1.807, 2.05) is 11.3 Å². The van der Waals surface area contributed by atoms with Crippen molar-refractivity contribution in [3.63, 3.8) is 0 Å². The summed E-state index contributed by atoms with van der Waals surface area (Å²) in [5.41, 5.74) is 3.81. The molecule has 0 N–H and O–H groups in total. The summed E-state index contributed by atoms with van der Waals surface area (Å²) >= 11 is 1.92. The van der Waals surface area contributed by atoms with Crippen molar-refractivity contribution in [2.75, 3.05) is 0 Å². The summed E-state index contributed by atoms with van der Waals surface area (Å²) in [6, 6.07) is 0. The zero-order chi connectivity index (χ0) is 8.77. The van der Waals surface area contributed by atoms with Crippen molar-refractivity contribution in [2.24, 2.45) is 5.41 Å². The van der Waals surface area contributed by atoms with Crippen molar-refractivity contribution in [2.45, 2.75) is 40.0 Å². The Balaban J connectivity index is 2.38. The van der Waals surface area contributed by atoms with Crippen molar-refractivity contribution < 1.29 is 0 Å². The number of fused-ring (bicyclic) bond motifs is 1. The van der Waals surface area contributed by atoms with Gasteiger partial charge in [0, 0.05) is 4.88 Å². The minimum Gasteiger partial charge on any atom is -0.149 e. The molecule has 0 saturated carbocycles. The third kappa shape index (κ3) is 1.31. The Labute approximate surface area is 78.6 Å². The molecular formula is C11H16S. The van der Waals surface area contributed by atoms with Crippen molar-refractivity contribution in [3.05, 3.63) is 21.4 Å². The van der Waals surface area contributed by atoms with E-state index in [9.17, 15) is 0 Å². The van der Waals surface area contributed by atoms with Crippen LogP contribution >= 0.6 is 11.3 Å². The normalized spacial score (nSPS) is 20.6. The fraction of sp³-hybridized carbons (Fsp3) is 0.636. The highest BCUT2D eigenvalue weighted by Gasteiger charge is 2.26. The summed E-state index contributed by atoms with van der Waals surface area (Å²) in [6.45, 7) is 7.02. The maximum atomic E-state index is 2.38. The molecule has 1 aliphatic carbocycles. The quantitative estimate of drug-likeness (QED) is 0.572. The van der Waals surface area contributed by atoms with E-state index < -0.39 is 0 Å². The molecule has 0 bridgehead atoms. The van der Waals surface area contributed by atoms with Crippen LogP contribution < -0.4 is 0 Å². The lowest BCUT2D eigenvalue weighted by Crippen LogP contribution is -2.21. The number of aryl methyl sites for hydroxylation is 2. The van der Waals surface area contributed by atoms with E-state index in [4.69, 9.17) is 0 Å². The monoisotopic (exact) mass is 180 g/mol. The highest BCUT2D eigenvalue weighted by molar-refractivity contribution is 7.10. The van der Waals surface area contributed by atoms with Crippen LogP contribution in [0.2, 0.25) is 0 Å². The fourth-order valence-corrected chi connectivity index (χ4v) is 2.94. The zero-order valence-corrected chi connectivity index (χ0v) is 8.92. The molecule has 0 fully saturated rings. The van der Waals surface area contributed by atoms with Crippen LogP contribution in [0.5, 0.6) is 0 Å². The molecule has 1 heteroatoms. The first-order valence-electron chi connectivity index (χ1n) is 4.64. The van der Waals surface area contributed by atoms with Crippen molar-refractivity contribution in [3.8, 4) is 0 Å². The van der Waals surface area contributed by atoms with Crippen LogP contribution in [0.1, 0.15) is 36.3 Å². The number of thiophene rings is 1. The number of rotatable bonds is 0. The van der Waals surface area contributed by atoms with E-state index in [0.717, 1.165) is 0 Å². The number of hydrogen-bond donors (Lipinski definition) is 0. The smallest absolute Gasteiger partial charge is 0.00492 e. The molecular weight excluding hydrogens is 164 g/mol. The molecule has 12 heavy (non-hydrogen) atoms. The molecule has 0 aliphatic heterocycles. The summed E-state index contributed by atoms with van der Waals surface area (Å²) in [6.07, 6.45) is 3.94. The molecule has 0 radical (unpaired) electrons. The van der Waals surface area contributed by atoms with Gasteiger partial charge in [-0.05, 0) is 48.1 Å². The van der Waals surface area contributed by atoms with Crippen LogP contribution in [0, 0.1) is 12.3 Å². The van der Waals surface area contributed by atoms with Crippen molar-refractivity contribution in [1.29, 1.82) is 0 Å². The highest BCUT2D eigenvalue weighted by atomic mass is 32.1. The standard InChI is InChI=1S/C11H16S/c1-8-10-6-11(2,3)5-4-9(10)7-12-8/h7H,4-6H2,1-3H3. The predicted octanol–water partition coefficient (Wildman–Crippen LogP) is 3.57. The van der Waals surface area contributed by atoms with E-state index in [2.05, 4.69) is 26.2 Å². The first-order chi connectivity index (χ1) is 5.58. The van der Waals surface area contributed by atoms with Gasteiger partial charge in [0.2, 0.25) is 0 Å². The summed E-state index contributed by atoms with van der Waals surface area (Å²) in [7, 11) is 0. The molecule has 0 amide bonds. The highest BCUT2D eigenvalue weighted by Crippen LogP contribution is 2.38. The lowest BCUT2D eigenvalue weighted by Gasteiger charge is -2.29. The van der Waals surface area contributed by atoms with Crippen LogP contribution in [-0.2, 0) is 12.8 Å². The fourth-order valence-electron chi connectivity index (χ4n) is 2.02. The largest absolute Gasteiger partial charge is 0.149 e. The second kappa shape index (κ2) is 2.59. The van der Waals surface area contributed by atoms with Gasteiger partial charge in [0.1, 0.15) is 0 Å². The molecule has 0 aromatic carbocycles. The lowest BCUT2D eigenvalue weighted by molar-refractivity contribution is 0.316. The lowest BCUT2D eigenvalue weighted by atomic mass is 9.75. The first-order valence-corrected chi connectivity index (χ1v) is 5.52. The van der Waals surface area contributed by atoms with Crippen LogP contribution in [-0.4, -0.2) is 0 Å². The average Bonchev–Trinajstić information content (AvgIpc) is 2.31. The summed E-state index contributed by atoms with van der Waals surface area (Å²) in [5, 5.41) is 2.35. The second-order valence-corrected chi connectivity index (χ2v) is 5.72. The maximum absolute atomic E-state index is 2.38. The van der Waals surface area contributed by atoms with E-state index in [1.54, 1.807) is 11.1 Å². The Morgan fingerprint density at radius 3 is 2.92 bits per heavy atom. The van der Waals surface area contributed by atoms with Gasteiger partial charge in [-0.2, -0.15) is 0 Å². The van der Waals surface area contributed by atoms with E-state index >= 15 is 0 Å². The van der Waals surface area contributed by atoms with Crippen LogP contribution in [0.15, 0.2) is 5.38 Å². The first kappa shape index (κ1) is 8.31. The molecule has 66 valence electrons. The Hall–Kier alpha value is -0.300. The third-order valence-corrected chi connectivity index (χ3v) is 3.92. The van der Waals surface area contributed by atoms with Crippen LogP contribution in [0.4, 0.5) is 0 Å². The van der Waals surface area contributed by atoms with Gasteiger partial charge >= 0.3 is 0 Å². The third-order valence-electron chi connectivity index (χ3n) is 2.92. The molecule has 1 heterocycles. The molecule has 0 saturated heterocycles.